The van der Waals surface area contributed by atoms with Crippen LogP contribution < -0.4 is 5.32 Å². The Balaban J connectivity index is 3.09. The van der Waals surface area contributed by atoms with E-state index in [1.54, 1.807) is 0 Å². The minimum Gasteiger partial charge on any atom is -0.307 e. The summed E-state index contributed by atoms with van der Waals surface area (Å²) in [7, 11) is 0. The van der Waals surface area contributed by atoms with Gasteiger partial charge >= 0.3 is 0 Å². The van der Waals surface area contributed by atoms with Crippen molar-refractivity contribution in [3.63, 3.8) is 0 Å². The zero-order chi connectivity index (χ0) is 11.4. The van der Waals surface area contributed by atoms with Gasteiger partial charge in [0, 0.05) is 5.02 Å². The molecular formula is C13H18ClN. The highest BCUT2D eigenvalue weighted by atomic mass is 35.5. The summed E-state index contributed by atoms with van der Waals surface area (Å²) in [6.45, 7) is 11.2. The van der Waals surface area contributed by atoms with Gasteiger partial charge in [-0.2, -0.15) is 0 Å². The molecule has 1 N–H and O–H groups in total. The van der Waals surface area contributed by atoms with Crippen LogP contribution in [0.4, 0.5) is 0 Å². The maximum absolute atomic E-state index is 6.01. The summed E-state index contributed by atoms with van der Waals surface area (Å²) in [5.41, 5.74) is 3.58. The third-order valence-electron chi connectivity index (χ3n) is 2.45. The summed E-state index contributed by atoms with van der Waals surface area (Å²) in [6.07, 6.45) is 0. The molecule has 0 fully saturated rings. The maximum Gasteiger partial charge on any atom is 0.0533 e. The SMILES string of the molecule is C=C(C)C(NCC)c1cc(Cl)ccc1C. The van der Waals surface area contributed by atoms with E-state index in [-0.39, 0.29) is 6.04 Å². The van der Waals surface area contributed by atoms with Crippen molar-refractivity contribution >= 4 is 11.6 Å². The number of aryl methyl sites for hydroxylation is 1. The highest BCUT2D eigenvalue weighted by Gasteiger charge is 2.13. The van der Waals surface area contributed by atoms with Gasteiger partial charge in [-0.05, 0) is 43.7 Å². The first-order valence-electron chi connectivity index (χ1n) is 5.21. The summed E-state index contributed by atoms with van der Waals surface area (Å²) < 4.78 is 0. The Morgan fingerprint density at radius 1 is 1.53 bits per heavy atom. The molecule has 82 valence electrons. The van der Waals surface area contributed by atoms with Crippen LogP contribution in [0.2, 0.25) is 5.02 Å². The first kappa shape index (κ1) is 12.3. The zero-order valence-corrected chi connectivity index (χ0v) is 10.4. The third kappa shape index (κ3) is 3.08. The summed E-state index contributed by atoms with van der Waals surface area (Å²) in [4.78, 5) is 0. The van der Waals surface area contributed by atoms with Crippen LogP contribution in [0.25, 0.3) is 0 Å². The standard InChI is InChI=1S/C13H18ClN/c1-5-15-13(9(2)3)12-8-11(14)7-6-10(12)4/h6-8,13,15H,2,5H2,1,3-4H3. The summed E-state index contributed by atoms with van der Waals surface area (Å²) in [5.74, 6) is 0. The average molecular weight is 224 g/mol. The Morgan fingerprint density at radius 3 is 2.73 bits per heavy atom. The van der Waals surface area contributed by atoms with Crippen molar-refractivity contribution in [1.29, 1.82) is 0 Å². The van der Waals surface area contributed by atoms with Crippen molar-refractivity contribution in [3.05, 3.63) is 46.5 Å². The lowest BCUT2D eigenvalue weighted by atomic mass is 9.96. The molecule has 0 spiro atoms. The van der Waals surface area contributed by atoms with Crippen LogP contribution in [0.15, 0.2) is 30.4 Å². The second-order valence-electron chi connectivity index (χ2n) is 3.84. The molecule has 0 saturated carbocycles. The molecule has 0 saturated heterocycles. The molecule has 1 nitrogen and oxygen atoms in total. The van der Waals surface area contributed by atoms with Crippen LogP contribution in [-0.2, 0) is 0 Å². The van der Waals surface area contributed by atoms with Gasteiger partial charge in [0.25, 0.3) is 0 Å². The maximum atomic E-state index is 6.01. The van der Waals surface area contributed by atoms with Gasteiger partial charge in [-0.3, -0.25) is 0 Å². The van der Waals surface area contributed by atoms with E-state index < -0.39 is 0 Å². The molecule has 15 heavy (non-hydrogen) atoms. The van der Waals surface area contributed by atoms with Crippen molar-refractivity contribution in [3.8, 4) is 0 Å². The van der Waals surface area contributed by atoms with E-state index in [0.717, 1.165) is 17.1 Å². The average Bonchev–Trinajstić information content (AvgIpc) is 2.18. The van der Waals surface area contributed by atoms with Gasteiger partial charge in [0.15, 0.2) is 0 Å². The van der Waals surface area contributed by atoms with Crippen LogP contribution in [0.3, 0.4) is 0 Å². The first-order valence-corrected chi connectivity index (χ1v) is 5.59. The van der Waals surface area contributed by atoms with Gasteiger partial charge in [0.2, 0.25) is 0 Å². The Bertz CT molecular complexity index is 358. The lowest BCUT2D eigenvalue weighted by Gasteiger charge is -2.20. The third-order valence-corrected chi connectivity index (χ3v) is 2.69. The van der Waals surface area contributed by atoms with E-state index in [9.17, 15) is 0 Å². The van der Waals surface area contributed by atoms with Gasteiger partial charge in [-0.15, -0.1) is 0 Å². The monoisotopic (exact) mass is 223 g/mol. The fourth-order valence-electron chi connectivity index (χ4n) is 1.68. The van der Waals surface area contributed by atoms with E-state index in [1.807, 2.05) is 25.1 Å². The fraction of sp³-hybridized carbons (Fsp3) is 0.385. The second kappa shape index (κ2) is 5.34. The molecule has 0 heterocycles. The Kier molecular flexibility index (Phi) is 4.37. The Morgan fingerprint density at radius 2 is 2.20 bits per heavy atom. The number of rotatable bonds is 4. The molecule has 2 heteroatoms. The van der Waals surface area contributed by atoms with E-state index in [2.05, 4.69) is 25.7 Å². The lowest BCUT2D eigenvalue weighted by molar-refractivity contribution is 0.619. The van der Waals surface area contributed by atoms with Crippen molar-refractivity contribution in [2.24, 2.45) is 0 Å². The fourth-order valence-corrected chi connectivity index (χ4v) is 1.86. The summed E-state index contributed by atoms with van der Waals surface area (Å²) >= 11 is 6.01. The molecule has 0 aromatic heterocycles. The number of nitrogens with one attached hydrogen (secondary N) is 1. The van der Waals surface area contributed by atoms with Crippen LogP contribution in [-0.4, -0.2) is 6.54 Å². The Hall–Kier alpha value is -0.790. The van der Waals surface area contributed by atoms with Crippen LogP contribution in [0.1, 0.15) is 31.0 Å². The van der Waals surface area contributed by atoms with Gasteiger partial charge in [0.1, 0.15) is 0 Å². The molecule has 0 aliphatic heterocycles. The van der Waals surface area contributed by atoms with Crippen molar-refractivity contribution in [1.82, 2.24) is 5.32 Å². The molecule has 1 aromatic carbocycles. The lowest BCUT2D eigenvalue weighted by Crippen LogP contribution is -2.22. The smallest absolute Gasteiger partial charge is 0.0533 e. The highest BCUT2D eigenvalue weighted by molar-refractivity contribution is 6.30. The molecule has 0 radical (unpaired) electrons. The van der Waals surface area contributed by atoms with Gasteiger partial charge in [-0.25, -0.2) is 0 Å². The second-order valence-corrected chi connectivity index (χ2v) is 4.27. The normalized spacial score (nSPS) is 12.5. The van der Waals surface area contributed by atoms with Crippen LogP contribution in [0.5, 0.6) is 0 Å². The van der Waals surface area contributed by atoms with Crippen LogP contribution >= 0.6 is 11.6 Å². The number of hydrogen-bond donors (Lipinski definition) is 1. The minimum absolute atomic E-state index is 0.202. The quantitative estimate of drug-likeness (QED) is 0.764. The van der Waals surface area contributed by atoms with Crippen molar-refractivity contribution < 1.29 is 0 Å². The minimum atomic E-state index is 0.202. The summed E-state index contributed by atoms with van der Waals surface area (Å²) in [5, 5.41) is 4.19. The predicted molar refractivity (Wildman–Crippen MR) is 67.4 cm³/mol. The van der Waals surface area contributed by atoms with Crippen LogP contribution in [0, 0.1) is 6.92 Å². The molecule has 1 aromatic rings. The molecule has 1 rings (SSSR count). The number of benzene rings is 1. The van der Waals surface area contributed by atoms with Crippen molar-refractivity contribution in [2.75, 3.05) is 6.54 Å². The van der Waals surface area contributed by atoms with E-state index in [4.69, 9.17) is 11.6 Å². The highest BCUT2D eigenvalue weighted by Crippen LogP contribution is 2.26. The van der Waals surface area contributed by atoms with E-state index >= 15 is 0 Å². The number of halogens is 1. The molecular weight excluding hydrogens is 206 g/mol. The van der Waals surface area contributed by atoms with E-state index in [0.29, 0.717) is 0 Å². The Labute approximate surface area is 97.1 Å². The molecule has 1 unspecified atom stereocenters. The predicted octanol–water partition coefficient (Wildman–Crippen LogP) is 3.88. The summed E-state index contributed by atoms with van der Waals surface area (Å²) in [6, 6.07) is 6.18. The number of hydrogen-bond acceptors (Lipinski definition) is 1. The van der Waals surface area contributed by atoms with E-state index in [1.165, 1.54) is 11.1 Å². The molecule has 0 bridgehead atoms. The van der Waals surface area contributed by atoms with Gasteiger partial charge in [-0.1, -0.05) is 36.7 Å². The van der Waals surface area contributed by atoms with Gasteiger partial charge in [0.05, 0.1) is 6.04 Å². The number of likely N-dealkylation sites (N-methyl/N-ethyl adjacent to an activating group) is 1. The topological polar surface area (TPSA) is 12.0 Å². The molecule has 1 atom stereocenters. The molecule has 0 aliphatic carbocycles. The molecule has 0 aliphatic rings. The largest absolute Gasteiger partial charge is 0.307 e. The van der Waals surface area contributed by atoms with Crippen molar-refractivity contribution in [2.45, 2.75) is 26.8 Å². The molecule has 0 amide bonds. The zero-order valence-electron chi connectivity index (χ0n) is 9.60. The first-order chi connectivity index (χ1) is 7.06. The van der Waals surface area contributed by atoms with Gasteiger partial charge < -0.3 is 5.32 Å².